The molecule has 2 atom stereocenters. The molecule has 4 rings (SSSR count). The molecule has 0 unspecified atom stereocenters. The van der Waals surface area contributed by atoms with Crippen molar-refractivity contribution in [3.63, 3.8) is 0 Å². The van der Waals surface area contributed by atoms with Crippen molar-refractivity contribution in [1.29, 1.82) is 0 Å². The first kappa shape index (κ1) is 16.6. The third kappa shape index (κ3) is 2.72. The first-order chi connectivity index (χ1) is 12.6. The minimum atomic E-state index is -1.05. The van der Waals surface area contributed by atoms with Gasteiger partial charge >= 0.3 is 12.1 Å². The van der Waals surface area contributed by atoms with Crippen molar-refractivity contribution in [2.45, 2.75) is 24.4 Å². The van der Waals surface area contributed by atoms with Gasteiger partial charge in [-0.1, -0.05) is 48.5 Å². The molecule has 1 aliphatic carbocycles. The van der Waals surface area contributed by atoms with Crippen molar-refractivity contribution in [2.24, 2.45) is 5.73 Å². The first-order valence-electron chi connectivity index (χ1n) is 8.66. The second-order valence-corrected chi connectivity index (χ2v) is 6.81. The molecule has 0 aromatic heterocycles. The van der Waals surface area contributed by atoms with E-state index in [1.807, 2.05) is 36.4 Å². The zero-order valence-electron chi connectivity index (χ0n) is 14.2. The Morgan fingerprint density at radius 1 is 1.08 bits per heavy atom. The number of ether oxygens (including phenoxy) is 1. The van der Waals surface area contributed by atoms with Crippen LogP contribution in [-0.2, 0) is 9.53 Å². The quantitative estimate of drug-likeness (QED) is 0.885. The van der Waals surface area contributed by atoms with E-state index in [-0.39, 0.29) is 31.5 Å². The van der Waals surface area contributed by atoms with Crippen LogP contribution in [0.4, 0.5) is 4.79 Å². The normalized spacial score (nSPS) is 21.3. The second kappa shape index (κ2) is 6.46. The highest BCUT2D eigenvalue weighted by Gasteiger charge is 2.39. The van der Waals surface area contributed by atoms with Crippen molar-refractivity contribution >= 4 is 12.1 Å². The van der Waals surface area contributed by atoms with Crippen molar-refractivity contribution in [3.05, 3.63) is 59.7 Å². The number of carboxylic acid groups (broad SMARTS) is 1. The van der Waals surface area contributed by atoms with Gasteiger partial charge < -0.3 is 15.6 Å². The molecule has 0 spiro atoms. The highest BCUT2D eigenvalue weighted by Crippen LogP contribution is 2.44. The molecule has 6 nitrogen and oxygen atoms in total. The number of amides is 1. The topological polar surface area (TPSA) is 92.9 Å². The molecule has 1 aliphatic heterocycles. The number of benzene rings is 2. The van der Waals surface area contributed by atoms with E-state index < -0.39 is 18.1 Å². The largest absolute Gasteiger partial charge is 0.480 e. The molecule has 2 aliphatic rings. The predicted molar refractivity (Wildman–Crippen MR) is 95.8 cm³/mol. The average molecular weight is 352 g/mol. The van der Waals surface area contributed by atoms with Crippen LogP contribution in [0.3, 0.4) is 0 Å². The van der Waals surface area contributed by atoms with Crippen molar-refractivity contribution in [3.8, 4) is 11.1 Å². The summed E-state index contributed by atoms with van der Waals surface area (Å²) in [6, 6.07) is 14.9. The molecule has 134 valence electrons. The van der Waals surface area contributed by atoms with Crippen LogP contribution in [0.1, 0.15) is 23.5 Å². The summed E-state index contributed by atoms with van der Waals surface area (Å²) in [7, 11) is 0. The number of aliphatic carboxylic acids is 1. The number of rotatable bonds is 3. The van der Waals surface area contributed by atoms with Crippen LogP contribution in [-0.4, -0.2) is 47.3 Å². The van der Waals surface area contributed by atoms with Crippen LogP contribution < -0.4 is 5.73 Å². The Morgan fingerprint density at radius 3 is 2.23 bits per heavy atom. The summed E-state index contributed by atoms with van der Waals surface area (Å²) >= 11 is 0. The lowest BCUT2D eigenvalue weighted by Gasteiger charge is -2.22. The zero-order valence-corrected chi connectivity index (χ0v) is 14.2. The van der Waals surface area contributed by atoms with Gasteiger partial charge in [0.05, 0.1) is 0 Å². The number of carbonyl (C=O) groups excluding carboxylic acids is 1. The SMILES string of the molecule is N[C@H]1C[C@H](C(=O)O)N(C(=O)OCC2c3ccccc3-c3ccccc32)C1. The number of nitrogens with zero attached hydrogens (tertiary/aromatic N) is 1. The molecule has 0 bridgehead atoms. The Bertz CT molecular complexity index is 821. The van der Waals surface area contributed by atoms with E-state index in [1.54, 1.807) is 0 Å². The molecule has 0 radical (unpaired) electrons. The molecule has 6 heteroatoms. The maximum atomic E-state index is 12.5. The van der Waals surface area contributed by atoms with Gasteiger partial charge in [0.1, 0.15) is 12.6 Å². The summed E-state index contributed by atoms with van der Waals surface area (Å²) < 4.78 is 5.52. The molecule has 1 saturated heterocycles. The summed E-state index contributed by atoms with van der Waals surface area (Å²) in [5.74, 6) is -1.10. The average Bonchev–Trinajstić information content (AvgIpc) is 3.18. The first-order valence-corrected chi connectivity index (χ1v) is 8.66. The Hall–Kier alpha value is -2.86. The van der Waals surface area contributed by atoms with Gasteiger partial charge in [0.25, 0.3) is 0 Å². The van der Waals surface area contributed by atoms with Gasteiger partial charge in [-0.3, -0.25) is 4.90 Å². The van der Waals surface area contributed by atoms with E-state index in [0.717, 1.165) is 22.3 Å². The molecule has 1 heterocycles. The molecular weight excluding hydrogens is 332 g/mol. The van der Waals surface area contributed by atoms with E-state index in [0.29, 0.717) is 0 Å². The summed E-state index contributed by atoms with van der Waals surface area (Å²) in [6.45, 7) is 0.374. The van der Waals surface area contributed by atoms with Gasteiger partial charge in [-0.2, -0.15) is 0 Å². The van der Waals surface area contributed by atoms with E-state index >= 15 is 0 Å². The van der Waals surface area contributed by atoms with Crippen LogP contribution in [0.15, 0.2) is 48.5 Å². The van der Waals surface area contributed by atoms with Crippen LogP contribution in [0.2, 0.25) is 0 Å². The van der Waals surface area contributed by atoms with Crippen LogP contribution >= 0.6 is 0 Å². The monoisotopic (exact) mass is 352 g/mol. The number of fused-ring (bicyclic) bond motifs is 3. The Balaban J connectivity index is 1.53. The van der Waals surface area contributed by atoms with Gasteiger partial charge in [0.15, 0.2) is 0 Å². The predicted octanol–water partition coefficient (Wildman–Crippen LogP) is 2.42. The number of hydrogen-bond acceptors (Lipinski definition) is 4. The van der Waals surface area contributed by atoms with Crippen LogP contribution in [0.25, 0.3) is 11.1 Å². The van der Waals surface area contributed by atoms with Crippen LogP contribution in [0, 0.1) is 0 Å². The maximum Gasteiger partial charge on any atom is 0.410 e. The van der Waals surface area contributed by atoms with Gasteiger partial charge in [-0.15, -0.1) is 0 Å². The van der Waals surface area contributed by atoms with E-state index in [2.05, 4.69) is 12.1 Å². The zero-order chi connectivity index (χ0) is 18.3. The number of carboxylic acids is 1. The molecule has 26 heavy (non-hydrogen) atoms. The highest BCUT2D eigenvalue weighted by molar-refractivity contribution is 5.81. The lowest BCUT2D eigenvalue weighted by Crippen LogP contribution is -2.41. The van der Waals surface area contributed by atoms with Crippen molar-refractivity contribution in [2.75, 3.05) is 13.2 Å². The second-order valence-electron chi connectivity index (χ2n) is 6.81. The summed E-state index contributed by atoms with van der Waals surface area (Å²) in [6.07, 6.45) is -0.369. The summed E-state index contributed by atoms with van der Waals surface area (Å²) in [4.78, 5) is 25.0. The van der Waals surface area contributed by atoms with Crippen molar-refractivity contribution in [1.82, 2.24) is 4.90 Å². The van der Waals surface area contributed by atoms with Crippen molar-refractivity contribution < 1.29 is 19.4 Å². The summed E-state index contributed by atoms with van der Waals surface area (Å²) in [5, 5.41) is 9.29. The molecule has 1 fully saturated rings. The lowest BCUT2D eigenvalue weighted by molar-refractivity contribution is -0.141. The number of likely N-dealkylation sites (tertiary alicyclic amines) is 1. The fourth-order valence-electron chi connectivity index (χ4n) is 3.98. The summed E-state index contributed by atoms with van der Waals surface area (Å²) in [5.41, 5.74) is 10.4. The highest BCUT2D eigenvalue weighted by atomic mass is 16.6. The number of nitrogens with two attached hydrogens (primary N) is 1. The van der Waals surface area contributed by atoms with E-state index in [9.17, 15) is 14.7 Å². The number of carbonyl (C=O) groups is 2. The third-order valence-corrected chi connectivity index (χ3v) is 5.19. The minimum Gasteiger partial charge on any atom is -0.480 e. The third-order valence-electron chi connectivity index (χ3n) is 5.19. The molecule has 2 aromatic carbocycles. The Morgan fingerprint density at radius 2 is 1.65 bits per heavy atom. The lowest BCUT2D eigenvalue weighted by atomic mass is 9.98. The molecule has 3 N–H and O–H groups in total. The Labute approximate surface area is 151 Å². The fraction of sp³-hybridized carbons (Fsp3) is 0.300. The Kier molecular flexibility index (Phi) is 4.12. The molecule has 1 amide bonds. The van der Waals surface area contributed by atoms with Gasteiger partial charge in [-0.25, -0.2) is 9.59 Å². The molecular formula is C20H20N2O4. The van der Waals surface area contributed by atoms with E-state index in [4.69, 9.17) is 10.5 Å². The smallest absolute Gasteiger partial charge is 0.410 e. The standard InChI is InChI=1S/C20H20N2O4/c21-12-9-18(19(23)24)22(10-12)20(25)26-11-17-15-7-3-1-5-13(15)14-6-2-4-8-16(14)17/h1-8,12,17-18H,9-11,21H2,(H,23,24)/t12-,18+/m0/s1. The van der Waals surface area contributed by atoms with E-state index in [1.165, 1.54) is 4.90 Å². The molecule has 2 aromatic rings. The van der Waals surface area contributed by atoms with Gasteiger partial charge in [0, 0.05) is 18.5 Å². The fourth-order valence-corrected chi connectivity index (χ4v) is 3.98. The minimum absolute atomic E-state index is 0.0501. The molecule has 0 saturated carbocycles. The van der Waals surface area contributed by atoms with Crippen LogP contribution in [0.5, 0.6) is 0 Å². The maximum absolute atomic E-state index is 12.5. The van der Waals surface area contributed by atoms with Gasteiger partial charge in [-0.05, 0) is 28.7 Å². The number of hydrogen-bond donors (Lipinski definition) is 2. The van der Waals surface area contributed by atoms with Gasteiger partial charge in [0.2, 0.25) is 0 Å².